The van der Waals surface area contributed by atoms with Crippen molar-refractivity contribution < 1.29 is 0 Å². The van der Waals surface area contributed by atoms with Crippen molar-refractivity contribution in [3.05, 3.63) is 11.1 Å². The van der Waals surface area contributed by atoms with E-state index < -0.39 is 0 Å². The van der Waals surface area contributed by atoms with Crippen molar-refractivity contribution in [2.24, 2.45) is 11.7 Å². The fraction of sp³-hybridized carbons (Fsp3) is 0.818. The Morgan fingerprint density at radius 3 is 2.38 bits per heavy atom. The van der Waals surface area contributed by atoms with Gasteiger partial charge in [-0.25, -0.2) is 0 Å². The van der Waals surface area contributed by atoms with Crippen LogP contribution < -0.4 is 5.73 Å². The summed E-state index contributed by atoms with van der Waals surface area (Å²) in [5, 5.41) is 0. The van der Waals surface area contributed by atoms with Gasteiger partial charge in [0.05, 0.1) is 0 Å². The Kier molecular flexibility index (Phi) is 3.51. The van der Waals surface area contributed by atoms with Crippen LogP contribution in [0.4, 0.5) is 0 Å². The first-order valence-corrected chi connectivity index (χ1v) is 5.11. The van der Waals surface area contributed by atoms with E-state index in [4.69, 9.17) is 5.73 Å². The maximum Gasteiger partial charge on any atom is 0.0455 e. The smallest absolute Gasteiger partial charge is 0.0455 e. The Bertz CT molecular complexity index is 208. The second kappa shape index (κ2) is 4.25. The summed E-state index contributed by atoms with van der Waals surface area (Å²) >= 11 is 0. The molecule has 0 amide bonds. The van der Waals surface area contributed by atoms with E-state index in [0.717, 1.165) is 5.92 Å². The molecule has 0 heterocycles. The number of hydrogen-bond acceptors (Lipinski definition) is 2. The van der Waals surface area contributed by atoms with E-state index in [-0.39, 0.29) is 0 Å². The van der Waals surface area contributed by atoms with Crippen molar-refractivity contribution in [2.45, 2.75) is 39.7 Å². The van der Waals surface area contributed by atoms with E-state index in [1.54, 1.807) is 11.1 Å². The minimum atomic E-state index is 0.647. The lowest BCUT2D eigenvalue weighted by molar-refractivity contribution is 0.176. The number of rotatable bonds is 2. The molecule has 1 rings (SSSR count). The van der Waals surface area contributed by atoms with E-state index in [9.17, 15) is 0 Å². The van der Waals surface area contributed by atoms with Crippen molar-refractivity contribution in [2.75, 3.05) is 13.7 Å². The van der Waals surface area contributed by atoms with Crippen LogP contribution in [-0.2, 0) is 0 Å². The molecule has 0 fully saturated rings. The van der Waals surface area contributed by atoms with Crippen LogP contribution in [0.3, 0.4) is 0 Å². The first-order chi connectivity index (χ1) is 6.06. The van der Waals surface area contributed by atoms with Crippen molar-refractivity contribution in [1.82, 2.24) is 4.90 Å². The summed E-state index contributed by atoms with van der Waals surface area (Å²) in [6.45, 7) is 7.50. The van der Waals surface area contributed by atoms with Gasteiger partial charge < -0.3 is 5.73 Å². The summed E-state index contributed by atoms with van der Waals surface area (Å²) < 4.78 is 0. The normalized spacial score (nSPS) is 30.0. The fourth-order valence-electron chi connectivity index (χ4n) is 2.21. The van der Waals surface area contributed by atoms with Crippen LogP contribution in [0.5, 0.6) is 0 Å². The molecule has 2 heteroatoms. The quantitative estimate of drug-likeness (QED) is 0.522. The molecule has 0 aliphatic heterocycles. The summed E-state index contributed by atoms with van der Waals surface area (Å²) in [6, 6.07) is 0.647. The van der Waals surface area contributed by atoms with Gasteiger partial charge in [0.25, 0.3) is 0 Å². The minimum absolute atomic E-state index is 0.647. The van der Waals surface area contributed by atoms with Crippen LogP contribution in [0.15, 0.2) is 11.1 Å². The molecule has 0 saturated carbocycles. The molecule has 0 aromatic rings. The number of nitrogens with two attached hydrogens (primary N) is 1. The maximum atomic E-state index is 5.66. The topological polar surface area (TPSA) is 29.3 Å². The second-order valence-electron chi connectivity index (χ2n) is 4.45. The highest BCUT2D eigenvalue weighted by Crippen LogP contribution is 2.31. The SMILES string of the molecule is CC1=C(C)CC(N(C)CN)C(C)C1. The molecule has 0 aromatic heterocycles. The van der Waals surface area contributed by atoms with Crippen molar-refractivity contribution in [3.63, 3.8) is 0 Å². The average Bonchev–Trinajstić information content (AvgIpc) is 2.10. The zero-order valence-corrected chi connectivity index (χ0v) is 9.30. The summed E-state index contributed by atoms with van der Waals surface area (Å²) in [7, 11) is 2.12. The zero-order chi connectivity index (χ0) is 10.0. The van der Waals surface area contributed by atoms with Gasteiger partial charge in [0.1, 0.15) is 0 Å². The predicted molar refractivity (Wildman–Crippen MR) is 57.4 cm³/mol. The van der Waals surface area contributed by atoms with Gasteiger partial charge in [-0.2, -0.15) is 0 Å². The predicted octanol–water partition coefficient (Wildman–Crippen LogP) is 1.97. The highest BCUT2D eigenvalue weighted by Gasteiger charge is 2.26. The highest BCUT2D eigenvalue weighted by atomic mass is 15.2. The van der Waals surface area contributed by atoms with Crippen LogP contribution in [0.2, 0.25) is 0 Å². The van der Waals surface area contributed by atoms with Gasteiger partial charge in [0.2, 0.25) is 0 Å². The lowest BCUT2D eigenvalue weighted by atomic mass is 9.82. The molecular formula is C11H22N2. The van der Waals surface area contributed by atoms with E-state index in [2.05, 4.69) is 32.7 Å². The van der Waals surface area contributed by atoms with Crippen LogP contribution in [0.25, 0.3) is 0 Å². The Labute approximate surface area is 81.8 Å². The monoisotopic (exact) mass is 182 g/mol. The third kappa shape index (κ3) is 2.32. The molecule has 1 aliphatic carbocycles. The van der Waals surface area contributed by atoms with Crippen LogP contribution in [0, 0.1) is 5.92 Å². The van der Waals surface area contributed by atoms with E-state index in [1.165, 1.54) is 12.8 Å². The molecular weight excluding hydrogens is 160 g/mol. The van der Waals surface area contributed by atoms with Gasteiger partial charge >= 0.3 is 0 Å². The number of allylic oxidation sites excluding steroid dienone is 1. The Balaban J connectivity index is 2.70. The van der Waals surface area contributed by atoms with E-state index >= 15 is 0 Å². The Hall–Kier alpha value is -0.340. The summed E-state index contributed by atoms with van der Waals surface area (Å²) in [5.41, 5.74) is 8.79. The first-order valence-electron chi connectivity index (χ1n) is 5.11. The molecule has 0 bridgehead atoms. The number of nitrogens with zero attached hydrogens (tertiary/aromatic N) is 1. The van der Waals surface area contributed by atoms with Crippen LogP contribution in [-0.4, -0.2) is 24.7 Å². The third-order valence-corrected chi connectivity index (χ3v) is 3.38. The fourth-order valence-corrected chi connectivity index (χ4v) is 2.21. The molecule has 0 spiro atoms. The van der Waals surface area contributed by atoms with Gasteiger partial charge in [-0.3, -0.25) is 4.90 Å². The third-order valence-electron chi connectivity index (χ3n) is 3.38. The highest BCUT2D eigenvalue weighted by molar-refractivity contribution is 5.16. The molecule has 0 radical (unpaired) electrons. The summed E-state index contributed by atoms with van der Waals surface area (Å²) in [5.74, 6) is 0.747. The molecule has 13 heavy (non-hydrogen) atoms. The molecule has 2 nitrogen and oxygen atoms in total. The minimum Gasteiger partial charge on any atom is -0.318 e. The standard InChI is InChI=1S/C11H22N2/c1-8-5-10(3)11(6-9(8)2)13(4)7-12/h10-11H,5-7,12H2,1-4H3. The van der Waals surface area contributed by atoms with Gasteiger partial charge in [-0.05, 0) is 39.7 Å². The van der Waals surface area contributed by atoms with Crippen molar-refractivity contribution in [1.29, 1.82) is 0 Å². The van der Waals surface area contributed by atoms with Gasteiger partial charge in [-0.15, -0.1) is 0 Å². The molecule has 1 aliphatic rings. The molecule has 0 aromatic carbocycles. The largest absolute Gasteiger partial charge is 0.318 e. The van der Waals surface area contributed by atoms with Gasteiger partial charge in [-0.1, -0.05) is 18.1 Å². The molecule has 2 N–H and O–H groups in total. The molecule has 2 atom stereocenters. The van der Waals surface area contributed by atoms with Crippen LogP contribution in [0.1, 0.15) is 33.6 Å². The molecule has 2 unspecified atom stereocenters. The Morgan fingerprint density at radius 2 is 1.85 bits per heavy atom. The molecule has 0 saturated heterocycles. The Morgan fingerprint density at radius 1 is 1.31 bits per heavy atom. The zero-order valence-electron chi connectivity index (χ0n) is 9.30. The van der Waals surface area contributed by atoms with Gasteiger partial charge in [0, 0.05) is 12.7 Å². The van der Waals surface area contributed by atoms with E-state index in [0.29, 0.717) is 12.7 Å². The first kappa shape index (κ1) is 10.7. The van der Waals surface area contributed by atoms with Crippen molar-refractivity contribution in [3.8, 4) is 0 Å². The van der Waals surface area contributed by atoms with Crippen molar-refractivity contribution >= 4 is 0 Å². The second-order valence-corrected chi connectivity index (χ2v) is 4.45. The van der Waals surface area contributed by atoms with E-state index in [1.807, 2.05) is 0 Å². The van der Waals surface area contributed by atoms with Crippen LogP contribution >= 0.6 is 0 Å². The lowest BCUT2D eigenvalue weighted by Gasteiger charge is -2.36. The maximum absolute atomic E-state index is 5.66. The van der Waals surface area contributed by atoms with Gasteiger partial charge in [0.15, 0.2) is 0 Å². The summed E-state index contributed by atoms with van der Waals surface area (Å²) in [4.78, 5) is 2.26. The number of hydrogen-bond donors (Lipinski definition) is 1. The summed E-state index contributed by atoms with van der Waals surface area (Å²) in [6.07, 6.45) is 2.43. The average molecular weight is 182 g/mol. The molecule has 76 valence electrons. The lowest BCUT2D eigenvalue weighted by Crippen LogP contribution is -2.42.